The smallest absolute Gasteiger partial charge is 0.323 e. The number of carbonyl (C=O) groups is 2. The number of benzene rings is 2. The third kappa shape index (κ3) is 7.13. The summed E-state index contributed by atoms with van der Waals surface area (Å²) in [7, 11) is 0. The van der Waals surface area contributed by atoms with Gasteiger partial charge in [0.1, 0.15) is 0 Å². The number of hydrogen-bond donors (Lipinski definition) is 4. The minimum absolute atomic E-state index is 0. The maximum absolute atomic E-state index is 12.0. The van der Waals surface area contributed by atoms with Crippen LogP contribution in [0.5, 0.6) is 0 Å². The van der Waals surface area contributed by atoms with E-state index >= 15 is 0 Å². The van der Waals surface area contributed by atoms with Gasteiger partial charge in [0.05, 0.1) is 6.04 Å². The lowest BCUT2D eigenvalue weighted by molar-refractivity contribution is -0.117. The zero-order valence-corrected chi connectivity index (χ0v) is 15.7. The Morgan fingerprint density at radius 2 is 1.31 bits per heavy atom. The highest BCUT2D eigenvalue weighted by molar-refractivity contribution is 6.00. The monoisotopic (exact) mass is 376 g/mol. The van der Waals surface area contributed by atoms with Crippen molar-refractivity contribution >= 4 is 41.4 Å². The van der Waals surface area contributed by atoms with Crippen molar-refractivity contribution in [2.24, 2.45) is 11.7 Å². The molecule has 0 aliphatic heterocycles. The number of hydrogen-bond acceptors (Lipinski definition) is 3. The van der Waals surface area contributed by atoms with Gasteiger partial charge in [-0.15, -0.1) is 12.4 Å². The molecule has 0 saturated carbocycles. The Morgan fingerprint density at radius 3 is 1.81 bits per heavy atom. The van der Waals surface area contributed by atoms with Crippen LogP contribution in [0.1, 0.15) is 20.3 Å². The normalized spacial score (nSPS) is 11.2. The first kappa shape index (κ1) is 21.5. The van der Waals surface area contributed by atoms with Gasteiger partial charge in [-0.05, 0) is 48.7 Å². The predicted octanol–water partition coefficient (Wildman–Crippen LogP) is 4.06. The fourth-order valence-corrected chi connectivity index (χ4v) is 2.30. The van der Waals surface area contributed by atoms with E-state index in [4.69, 9.17) is 5.73 Å². The molecule has 26 heavy (non-hydrogen) atoms. The fraction of sp³-hybridized carbons (Fsp3) is 0.263. The van der Waals surface area contributed by atoms with Gasteiger partial charge in [-0.1, -0.05) is 32.0 Å². The van der Waals surface area contributed by atoms with Crippen molar-refractivity contribution in [3.8, 4) is 0 Å². The molecule has 0 heterocycles. The maximum Gasteiger partial charge on any atom is 0.323 e. The lowest BCUT2D eigenvalue weighted by atomic mass is 10.0. The molecule has 7 heteroatoms. The van der Waals surface area contributed by atoms with Gasteiger partial charge < -0.3 is 21.7 Å². The van der Waals surface area contributed by atoms with Crippen LogP contribution < -0.4 is 21.7 Å². The number of anilines is 3. The molecule has 6 nitrogen and oxygen atoms in total. The van der Waals surface area contributed by atoms with E-state index in [2.05, 4.69) is 16.0 Å². The van der Waals surface area contributed by atoms with Crippen molar-refractivity contribution in [2.45, 2.75) is 26.3 Å². The number of para-hydroxylation sites is 1. The van der Waals surface area contributed by atoms with E-state index < -0.39 is 6.04 Å². The Morgan fingerprint density at radius 1 is 0.846 bits per heavy atom. The minimum atomic E-state index is -0.533. The summed E-state index contributed by atoms with van der Waals surface area (Å²) in [5, 5.41) is 8.24. The average Bonchev–Trinajstić information content (AvgIpc) is 2.57. The van der Waals surface area contributed by atoms with E-state index in [1.165, 1.54) is 0 Å². The average molecular weight is 377 g/mol. The predicted molar refractivity (Wildman–Crippen MR) is 109 cm³/mol. The standard InChI is InChI=1S/C19H24N4O2.ClH/c1-13(2)12-17(20)18(24)21-15-8-10-16(11-9-15)23-19(25)22-14-6-4-3-5-7-14;/h3-11,13,17H,12,20H2,1-2H3,(H,21,24)(H2,22,23,25);1H/t17-;/m0./s1. The molecule has 2 aromatic rings. The molecule has 2 aromatic carbocycles. The summed E-state index contributed by atoms with van der Waals surface area (Å²) in [5.41, 5.74) is 7.83. The van der Waals surface area contributed by atoms with E-state index in [1.54, 1.807) is 36.4 Å². The molecular formula is C19H25ClN4O2. The van der Waals surface area contributed by atoms with E-state index in [0.29, 0.717) is 29.4 Å². The molecular weight excluding hydrogens is 352 g/mol. The van der Waals surface area contributed by atoms with Gasteiger partial charge in [-0.3, -0.25) is 4.79 Å². The Bertz CT molecular complexity index is 705. The van der Waals surface area contributed by atoms with Crippen LogP contribution in [0.15, 0.2) is 54.6 Å². The molecule has 0 spiro atoms. The van der Waals surface area contributed by atoms with E-state index in [0.717, 1.165) is 0 Å². The third-order valence-electron chi connectivity index (χ3n) is 3.50. The summed E-state index contributed by atoms with van der Waals surface area (Å²) in [5.74, 6) is 0.145. The van der Waals surface area contributed by atoms with Crippen LogP contribution in [0, 0.1) is 5.92 Å². The van der Waals surface area contributed by atoms with Crippen LogP contribution in [0.25, 0.3) is 0 Å². The van der Waals surface area contributed by atoms with E-state index in [-0.39, 0.29) is 24.3 Å². The summed E-state index contributed by atoms with van der Waals surface area (Å²) < 4.78 is 0. The van der Waals surface area contributed by atoms with Gasteiger partial charge in [0.15, 0.2) is 0 Å². The molecule has 0 aromatic heterocycles. The first-order valence-electron chi connectivity index (χ1n) is 8.23. The van der Waals surface area contributed by atoms with Crippen LogP contribution in [0.4, 0.5) is 21.9 Å². The van der Waals surface area contributed by atoms with E-state index in [9.17, 15) is 9.59 Å². The number of urea groups is 1. The first-order chi connectivity index (χ1) is 11.9. The molecule has 0 aliphatic rings. The second kappa shape index (κ2) is 10.4. The lowest BCUT2D eigenvalue weighted by Crippen LogP contribution is -2.36. The number of carbonyl (C=O) groups excluding carboxylic acids is 2. The highest BCUT2D eigenvalue weighted by Gasteiger charge is 2.15. The molecule has 1 atom stereocenters. The first-order valence-corrected chi connectivity index (χ1v) is 8.23. The Hall–Kier alpha value is -2.57. The minimum Gasteiger partial charge on any atom is -0.325 e. The van der Waals surface area contributed by atoms with Crippen molar-refractivity contribution < 1.29 is 9.59 Å². The van der Waals surface area contributed by atoms with Crippen LogP contribution in [0.2, 0.25) is 0 Å². The van der Waals surface area contributed by atoms with Crippen molar-refractivity contribution in [1.82, 2.24) is 0 Å². The highest BCUT2D eigenvalue weighted by atomic mass is 35.5. The zero-order valence-electron chi connectivity index (χ0n) is 14.9. The number of amides is 3. The largest absolute Gasteiger partial charge is 0.325 e. The molecule has 2 rings (SSSR count). The summed E-state index contributed by atoms with van der Waals surface area (Å²) >= 11 is 0. The Labute approximate surface area is 160 Å². The Kier molecular flexibility index (Phi) is 8.61. The number of nitrogens with two attached hydrogens (primary N) is 1. The van der Waals surface area contributed by atoms with Crippen molar-refractivity contribution in [2.75, 3.05) is 16.0 Å². The molecule has 0 fully saturated rings. The van der Waals surface area contributed by atoms with Gasteiger partial charge >= 0.3 is 6.03 Å². The summed E-state index contributed by atoms with van der Waals surface area (Å²) in [6, 6.07) is 15.2. The summed E-state index contributed by atoms with van der Waals surface area (Å²) in [4.78, 5) is 23.9. The topological polar surface area (TPSA) is 96.2 Å². The van der Waals surface area contributed by atoms with Gasteiger partial charge in [0, 0.05) is 17.1 Å². The number of halogens is 1. The van der Waals surface area contributed by atoms with Crippen LogP contribution in [-0.4, -0.2) is 18.0 Å². The highest BCUT2D eigenvalue weighted by Crippen LogP contribution is 2.15. The van der Waals surface area contributed by atoms with E-state index in [1.807, 2.05) is 32.0 Å². The van der Waals surface area contributed by atoms with Crippen molar-refractivity contribution in [3.05, 3.63) is 54.6 Å². The Balaban J connectivity index is 0.00000338. The third-order valence-corrected chi connectivity index (χ3v) is 3.50. The molecule has 3 amide bonds. The van der Waals surface area contributed by atoms with Crippen LogP contribution in [-0.2, 0) is 4.79 Å². The molecule has 0 saturated heterocycles. The summed E-state index contributed by atoms with van der Waals surface area (Å²) in [6.45, 7) is 4.04. The summed E-state index contributed by atoms with van der Waals surface area (Å²) in [6.07, 6.45) is 0.630. The quantitative estimate of drug-likeness (QED) is 0.612. The lowest BCUT2D eigenvalue weighted by Gasteiger charge is -2.14. The molecule has 0 aliphatic carbocycles. The number of rotatable bonds is 6. The molecule has 5 N–H and O–H groups in total. The molecule has 0 unspecified atom stereocenters. The molecule has 0 radical (unpaired) electrons. The van der Waals surface area contributed by atoms with Gasteiger partial charge in [0.25, 0.3) is 0 Å². The van der Waals surface area contributed by atoms with Crippen molar-refractivity contribution in [1.29, 1.82) is 0 Å². The van der Waals surface area contributed by atoms with Gasteiger partial charge in [-0.2, -0.15) is 0 Å². The van der Waals surface area contributed by atoms with Crippen LogP contribution >= 0.6 is 12.4 Å². The molecule has 140 valence electrons. The maximum atomic E-state index is 12.0. The number of nitrogens with one attached hydrogen (secondary N) is 3. The van der Waals surface area contributed by atoms with Crippen LogP contribution in [0.3, 0.4) is 0 Å². The zero-order chi connectivity index (χ0) is 18.2. The molecule has 0 bridgehead atoms. The van der Waals surface area contributed by atoms with Gasteiger partial charge in [0.2, 0.25) is 5.91 Å². The van der Waals surface area contributed by atoms with Crippen molar-refractivity contribution in [3.63, 3.8) is 0 Å². The second-order valence-corrected chi connectivity index (χ2v) is 6.25. The van der Waals surface area contributed by atoms with Gasteiger partial charge in [-0.25, -0.2) is 4.79 Å². The SMILES string of the molecule is CC(C)C[C@H](N)C(=O)Nc1ccc(NC(=O)Nc2ccccc2)cc1.Cl. The second-order valence-electron chi connectivity index (χ2n) is 6.25. The fourth-order valence-electron chi connectivity index (χ4n) is 2.30.